The molecule has 5 nitrogen and oxygen atoms in total. The maximum absolute atomic E-state index is 9.46. The highest BCUT2D eigenvalue weighted by Crippen LogP contribution is 2.33. The SMILES string of the molecule is N#Cc1cc(C#N)cc(-c2cccc3cc(-c4ccc(-c5nc(-c6ccccc6)nc(-c6ccccc6)n5)cc4)ccc23)c1. The zero-order valence-electron chi connectivity index (χ0n) is 23.5. The van der Waals surface area contributed by atoms with Crippen LogP contribution >= 0.6 is 0 Å². The van der Waals surface area contributed by atoms with Crippen LogP contribution in [0, 0.1) is 22.7 Å². The summed E-state index contributed by atoms with van der Waals surface area (Å²) < 4.78 is 0. The van der Waals surface area contributed by atoms with Crippen LogP contribution in [0.3, 0.4) is 0 Å². The molecule has 0 saturated heterocycles. The largest absolute Gasteiger partial charge is 0.208 e. The second-order valence-electron chi connectivity index (χ2n) is 10.4. The number of benzene rings is 6. The molecular weight excluding hydrogens is 538 g/mol. The summed E-state index contributed by atoms with van der Waals surface area (Å²) in [5, 5.41) is 21.0. The Bertz CT molecular complexity index is 2140. The minimum absolute atomic E-state index is 0.470. The highest BCUT2D eigenvalue weighted by molar-refractivity contribution is 5.99. The molecule has 0 unspecified atom stereocenters. The molecule has 0 saturated carbocycles. The molecule has 7 aromatic rings. The fraction of sp³-hybridized carbons (Fsp3) is 0. The van der Waals surface area contributed by atoms with Gasteiger partial charge in [-0.05, 0) is 57.3 Å². The molecule has 0 fully saturated rings. The minimum Gasteiger partial charge on any atom is -0.208 e. The molecule has 7 rings (SSSR count). The van der Waals surface area contributed by atoms with Crippen LogP contribution in [0.15, 0.2) is 140 Å². The van der Waals surface area contributed by atoms with Gasteiger partial charge in [0.15, 0.2) is 17.5 Å². The molecule has 0 spiro atoms. The minimum atomic E-state index is 0.470. The second kappa shape index (κ2) is 11.4. The number of aromatic nitrogens is 3. The van der Waals surface area contributed by atoms with Crippen LogP contribution in [0.5, 0.6) is 0 Å². The molecule has 6 aromatic carbocycles. The van der Waals surface area contributed by atoms with Gasteiger partial charge in [-0.2, -0.15) is 10.5 Å². The van der Waals surface area contributed by atoms with E-state index in [0.717, 1.165) is 49.7 Å². The Morgan fingerprint density at radius 1 is 0.386 bits per heavy atom. The van der Waals surface area contributed by atoms with Gasteiger partial charge >= 0.3 is 0 Å². The van der Waals surface area contributed by atoms with Crippen LogP contribution in [-0.2, 0) is 0 Å². The van der Waals surface area contributed by atoms with Crippen molar-refractivity contribution in [3.8, 4) is 68.6 Å². The van der Waals surface area contributed by atoms with Crippen LogP contribution in [0.2, 0.25) is 0 Å². The maximum atomic E-state index is 9.46. The van der Waals surface area contributed by atoms with Gasteiger partial charge in [-0.1, -0.05) is 115 Å². The molecule has 0 aliphatic heterocycles. The fourth-order valence-corrected chi connectivity index (χ4v) is 5.38. The van der Waals surface area contributed by atoms with Crippen LogP contribution in [-0.4, -0.2) is 15.0 Å². The third-order valence-corrected chi connectivity index (χ3v) is 7.56. The Hall–Kier alpha value is -6.43. The van der Waals surface area contributed by atoms with Crippen molar-refractivity contribution in [2.45, 2.75) is 0 Å². The van der Waals surface area contributed by atoms with E-state index in [1.807, 2.05) is 97.1 Å². The van der Waals surface area contributed by atoms with Gasteiger partial charge in [0.2, 0.25) is 0 Å². The molecule has 44 heavy (non-hydrogen) atoms. The lowest BCUT2D eigenvalue weighted by molar-refractivity contribution is 1.07. The number of fused-ring (bicyclic) bond motifs is 1. The predicted molar refractivity (Wildman–Crippen MR) is 174 cm³/mol. The van der Waals surface area contributed by atoms with Crippen molar-refractivity contribution in [2.24, 2.45) is 0 Å². The van der Waals surface area contributed by atoms with Gasteiger partial charge < -0.3 is 0 Å². The molecule has 0 aliphatic rings. The van der Waals surface area contributed by atoms with E-state index in [-0.39, 0.29) is 0 Å². The smallest absolute Gasteiger partial charge is 0.164 e. The fourth-order valence-electron chi connectivity index (χ4n) is 5.38. The molecule has 1 heterocycles. The highest BCUT2D eigenvalue weighted by atomic mass is 15.0. The zero-order valence-corrected chi connectivity index (χ0v) is 23.5. The molecule has 0 radical (unpaired) electrons. The Kier molecular flexibility index (Phi) is 6.89. The lowest BCUT2D eigenvalue weighted by atomic mass is 9.93. The first kappa shape index (κ1) is 26.5. The van der Waals surface area contributed by atoms with E-state index >= 15 is 0 Å². The number of hydrogen-bond acceptors (Lipinski definition) is 5. The first-order chi connectivity index (χ1) is 21.7. The van der Waals surface area contributed by atoms with Gasteiger partial charge in [-0.15, -0.1) is 0 Å². The average Bonchev–Trinajstić information content (AvgIpc) is 3.11. The van der Waals surface area contributed by atoms with E-state index in [1.165, 1.54) is 0 Å². The van der Waals surface area contributed by atoms with Gasteiger partial charge in [0.25, 0.3) is 0 Å². The predicted octanol–water partition coefficient (Wildman–Crippen LogP) is 9.10. The maximum Gasteiger partial charge on any atom is 0.164 e. The van der Waals surface area contributed by atoms with Crippen molar-refractivity contribution in [1.82, 2.24) is 15.0 Å². The van der Waals surface area contributed by atoms with Crippen LogP contribution < -0.4 is 0 Å². The Morgan fingerprint density at radius 3 is 1.43 bits per heavy atom. The van der Waals surface area contributed by atoms with Crippen molar-refractivity contribution in [2.75, 3.05) is 0 Å². The number of rotatable bonds is 5. The Balaban J connectivity index is 1.25. The monoisotopic (exact) mass is 561 g/mol. The number of hydrogen-bond donors (Lipinski definition) is 0. The Morgan fingerprint density at radius 2 is 0.886 bits per heavy atom. The summed E-state index contributed by atoms with van der Waals surface area (Å²) in [6, 6.07) is 50.2. The van der Waals surface area contributed by atoms with Crippen molar-refractivity contribution >= 4 is 10.8 Å². The van der Waals surface area contributed by atoms with Crippen molar-refractivity contribution < 1.29 is 0 Å². The van der Waals surface area contributed by atoms with Gasteiger partial charge in [0, 0.05) is 16.7 Å². The zero-order chi connectivity index (χ0) is 29.9. The van der Waals surface area contributed by atoms with Crippen LogP contribution in [0.4, 0.5) is 0 Å². The summed E-state index contributed by atoms with van der Waals surface area (Å²) in [5.41, 5.74) is 7.69. The summed E-state index contributed by atoms with van der Waals surface area (Å²) in [4.78, 5) is 14.5. The molecule has 204 valence electrons. The number of nitriles is 2. The van der Waals surface area contributed by atoms with Gasteiger partial charge in [-0.25, -0.2) is 15.0 Å². The van der Waals surface area contributed by atoms with Crippen LogP contribution in [0.1, 0.15) is 11.1 Å². The molecule has 0 atom stereocenters. The van der Waals surface area contributed by atoms with E-state index in [2.05, 4.69) is 48.5 Å². The molecule has 0 amide bonds. The topological polar surface area (TPSA) is 86.2 Å². The second-order valence-corrected chi connectivity index (χ2v) is 10.4. The van der Waals surface area contributed by atoms with Crippen LogP contribution in [0.25, 0.3) is 67.2 Å². The molecule has 0 bridgehead atoms. The molecule has 1 aromatic heterocycles. The summed E-state index contributed by atoms with van der Waals surface area (Å²) >= 11 is 0. The van der Waals surface area contributed by atoms with E-state index in [4.69, 9.17) is 15.0 Å². The van der Waals surface area contributed by atoms with E-state index in [0.29, 0.717) is 28.6 Å². The molecule has 0 aliphatic carbocycles. The lowest BCUT2D eigenvalue weighted by Gasteiger charge is -2.11. The van der Waals surface area contributed by atoms with Crippen molar-refractivity contribution in [3.05, 3.63) is 151 Å². The first-order valence-corrected chi connectivity index (χ1v) is 14.1. The quantitative estimate of drug-likeness (QED) is 0.209. The van der Waals surface area contributed by atoms with E-state index in [9.17, 15) is 10.5 Å². The Labute approximate surface area is 255 Å². The van der Waals surface area contributed by atoms with E-state index < -0.39 is 0 Å². The summed E-state index contributed by atoms with van der Waals surface area (Å²) in [5.74, 6) is 1.88. The number of nitrogens with zero attached hydrogens (tertiary/aromatic N) is 5. The lowest BCUT2D eigenvalue weighted by Crippen LogP contribution is -2.00. The summed E-state index contributed by atoms with van der Waals surface area (Å²) in [7, 11) is 0. The van der Waals surface area contributed by atoms with Crippen molar-refractivity contribution in [1.29, 1.82) is 10.5 Å². The van der Waals surface area contributed by atoms with Gasteiger partial charge in [0.05, 0.1) is 23.3 Å². The third-order valence-electron chi connectivity index (χ3n) is 7.56. The average molecular weight is 562 g/mol. The molecular formula is C39H23N5. The van der Waals surface area contributed by atoms with Crippen molar-refractivity contribution in [3.63, 3.8) is 0 Å². The summed E-state index contributed by atoms with van der Waals surface area (Å²) in [6.45, 7) is 0. The normalized spacial score (nSPS) is 10.7. The van der Waals surface area contributed by atoms with Gasteiger partial charge in [0.1, 0.15) is 0 Å². The molecule has 0 N–H and O–H groups in total. The third kappa shape index (κ3) is 5.18. The van der Waals surface area contributed by atoms with E-state index in [1.54, 1.807) is 6.07 Å². The molecule has 5 heteroatoms. The summed E-state index contributed by atoms with van der Waals surface area (Å²) in [6.07, 6.45) is 0. The standard InChI is InChI=1S/C39H23N5/c40-24-26-20-27(25-41)22-34(21-26)35-13-7-12-33-23-32(18-19-36(33)35)28-14-16-31(17-15-28)39-43-37(29-8-3-1-4-9-29)42-38(44-39)30-10-5-2-6-11-30/h1-23H. The highest BCUT2D eigenvalue weighted by Gasteiger charge is 2.13. The van der Waals surface area contributed by atoms with Gasteiger partial charge in [-0.3, -0.25) is 0 Å². The first-order valence-electron chi connectivity index (χ1n) is 14.1.